The van der Waals surface area contributed by atoms with Gasteiger partial charge in [0.05, 0.1) is 0 Å². The van der Waals surface area contributed by atoms with Crippen molar-refractivity contribution in [1.82, 2.24) is 0 Å². The van der Waals surface area contributed by atoms with Crippen LogP contribution in [0.5, 0.6) is 0 Å². The van der Waals surface area contributed by atoms with Crippen molar-refractivity contribution in [2.75, 3.05) is 0 Å². The van der Waals surface area contributed by atoms with Crippen molar-refractivity contribution in [3.05, 3.63) is 47.1 Å². The smallest absolute Gasteiger partial charge is 0.0101 e. The molecule has 0 spiro atoms. The second-order valence-electron chi connectivity index (χ2n) is 5.44. The Morgan fingerprint density at radius 1 is 1.06 bits per heavy atom. The first-order valence-electron chi connectivity index (χ1n) is 6.49. The molecule has 3 atom stereocenters. The minimum Gasteiger partial charge on any atom is -0.0808 e. The van der Waals surface area contributed by atoms with Crippen LogP contribution < -0.4 is 0 Å². The van der Waals surface area contributed by atoms with Crippen molar-refractivity contribution in [3.8, 4) is 0 Å². The van der Waals surface area contributed by atoms with Gasteiger partial charge in [0.2, 0.25) is 0 Å². The van der Waals surface area contributed by atoms with Crippen LogP contribution in [0.4, 0.5) is 0 Å². The van der Waals surface area contributed by atoms with Crippen LogP contribution in [0.1, 0.15) is 33.1 Å². The standard InChI is InChI=1S/C16H20/c1-11-7-9-14(12(11)2)16-10-8-13-5-3-4-6-15(13)16/h3-7,13,15-16H,8-10H2,1-2H3. The first kappa shape index (κ1) is 10.1. The van der Waals surface area contributed by atoms with Crippen molar-refractivity contribution < 1.29 is 0 Å². The van der Waals surface area contributed by atoms with Crippen molar-refractivity contribution in [1.29, 1.82) is 0 Å². The molecular weight excluding hydrogens is 192 g/mol. The second-order valence-corrected chi connectivity index (χ2v) is 5.44. The zero-order valence-corrected chi connectivity index (χ0v) is 10.2. The van der Waals surface area contributed by atoms with E-state index in [2.05, 4.69) is 44.2 Å². The molecule has 0 heterocycles. The summed E-state index contributed by atoms with van der Waals surface area (Å²) in [4.78, 5) is 0. The van der Waals surface area contributed by atoms with Crippen LogP contribution in [0.3, 0.4) is 0 Å². The number of fused-ring (bicyclic) bond motifs is 1. The van der Waals surface area contributed by atoms with Crippen molar-refractivity contribution in [2.24, 2.45) is 17.8 Å². The molecule has 16 heavy (non-hydrogen) atoms. The zero-order valence-electron chi connectivity index (χ0n) is 10.2. The maximum Gasteiger partial charge on any atom is -0.0101 e. The molecule has 0 heteroatoms. The van der Waals surface area contributed by atoms with E-state index in [-0.39, 0.29) is 0 Å². The number of hydrogen-bond donors (Lipinski definition) is 0. The third-order valence-electron chi connectivity index (χ3n) is 4.72. The average molecular weight is 212 g/mol. The molecule has 0 aromatic carbocycles. The summed E-state index contributed by atoms with van der Waals surface area (Å²) in [6.07, 6.45) is 15.7. The Hall–Kier alpha value is -1.04. The maximum absolute atomic E-state index is 2.44. The van der Waals surface area contributed by atoms with E-state index in [4.69, 9.17) is 0 Å². The lowest BCUT2D eigenvalue weighted by atomic mass is 9.81. The normalized spacial score (nSPS) is 36.9. The highest BCUT2D eigenvalue weighted by molar-refractivity contribution is 5.42. The molecule has 84 valence electrons. The average Bonchev–Trinajstić information content (AvgIpc) is 2.85. The summed E-state index contributed by atoms with van der Waals surface area (Å²) >= 11 is 0. The van der Waals surface area contributed by atoms with Crippen molar-refractivity contribution in [3.63, 3.8) is 0 Å². The summed E-state index contributed by atoms with van der Waals surface area (Å²) in [5.74, 6) is 2.42. The molecule has 0 bridgehead atoms. The highest BCUT2D eigenvalue weighted by atomic mass is 14.4. The largest absolute Gasteiger partial charge is 0.0808 e. The van der Waals surface area contributed by atoms with Crippen LogP contribution in [0.2, 0.25) is 0 Å². The van der Waals surface area contributed by atoms with Crippen LogP contribution in [0.25, 0.3) is 0 Å². The van der Waals surface area contributed by atoms with E-state index in [1.807, 2.05) is 0 Å². The van der Waals surface area contributed by atoms with Gasteiger partial charge in [-0.1, -0.05) is 41.5 Å². The summed E-state index contributed by atoms with van der Waals surface area (Å²) in [6, 6.07) is 0. The second kappa shape index (κ2) is 3.76. The number of allylic oxidation sites excluding steroid dienone is 8. The minimum absolute atomic E-state index is 0.786. The van der Waals surface area contributed by atoms with Crippen LogP contribution in [-0.2, 0) is 0 Å². The van der Waals surface area contributed by atoms with Crippen molar-refractivity contribution in [2.45, 2.75) is 33.1 Å². The predicted molar refractivity (Wildman–Crippen MR) is 69.1 cm³/mol. The number of rotatable bonds is 1. The van der Waals surface area contributed by atoms with E-state index in [1.54, 1.807) is 11.1 Å². The van der Waals surface area contributed by atoms with Gasteiger partial charge in [-0.3, -0.25) is 0 Å². The molecule has 3 aliphatic carbocycles. The topological polar surface area (TPSA) is 0 Å². The van der Waals surface area contributed by atoms with Crippen LogP contribution >= 0.6 is 0 Å². The lowest BCUT2D eigenvalue weighted by molar-refractivity contribution is 0.464. The zero-order chi connectivity index (χ0) is 11.1. The molecule has 0 aromatic rings. The Morgan fingerprint density at radius 3 is 2.62 bits per heavy atom. The fourth-order valence-electron chi connectivity index (χ4n) is 3.61. The number of hydrogen-bond acceptors (Lipinski definition) is 0. The van der Waals surface area contributed by atoms with E-state index < -0.39 is 0 Å². The summed E-state index contributed by atoms with van der Waals surface area (Å²) < 4.78 is 0. The third-order valence-corrected chi connectivity index (χ3v) is 4.72. The molecular formula is C16H20. The molecule has 0 nitrogen and oxygen atoms in total. The van der Waals surface area contributed by atoms with E-state index in [1.165, 1.54) is 24.8 Å². The molecule has 3 unspecified atom stereocenters. The highest BCUT2D eigenvalue weighted by Crippen LogP contribution is 2.47. The lowest BCUT2D eigenvalue weighted by Crippen LogP contribution is -2.15. The molecule has 1 saturated carbocycles. The lowest BCUT2D eigenvalue weighted by Gasteiger charge is -2.24. The monoisotopic (exact) mass is 212 g/mol. The Labute approximate surface area is 98.4 Å². The molecule has 0 aliphatic heterocycles. The fraction of sp³-hybridized carbons (Fsp3) is 0.500. The van der Waals surface area contributed by atoms with E-state index in [0.717, 1.165) is 17.8 Å². The molecule has 0 aromatic heterocycles. The van der Waals surface area contributed by atoms with Crippen LogP contribution in [0.15, 0.2) is 47.1 Å². The van der Waals surface area contributed by atoms with E-state index >= 15 is 0 Å². The van der Waals surface area contributed by atoms with Gasteiger partial charge in [0, 0.05) is 0 Å². The Kier molecular flexibility index (Phi) is 2.38. The summed E-state index contributed by atoms with van der Waals surface area (Å²) in [7, 11) is 0. The van der Waals surface area contributed by atoms with Gasteiger partial charge < -0.3 is 0 Å². The third kappa shape index (κ3) is 1.43. The van der Waals surface area contributed by atoms with Gasteiger partial charge >= 0.3 is 0 Å². The summed E-state index contributed by atoms with van der Waals surface area (Å²) in [5, 5.41) is 0. The molecule has 3 aliphatic rings. The molecule has 0 amide bonds. The fourth-order valence-corrected chi connectivity index (χ4v) is 3.61. The molecule has 0 N–H and O–H groups in total. The van der Waals surface area contributed by atoms with Gasteiger partial charge in [-0.05, 0) is 56.4 Å². The van der Waals surface area contributed by atoms with Gasteiger partial charge in [-0.2, -0.15) is 0 Å². The van der Waals surface area contributed by atoms with Gasteiger partial charge in [0.25, 0.3) is 0 Å². The Bertz CT molecular complexity index is 417. The maximum atomic E-state index is 2.44. The molecule has 0 saturated heterocycles. The summed E-state index contributed by atoms with van der Waals surface area (Å²) in [6.45, 7) is 4.56. The quantitative estimate of drug-likeness (QED) is 0.603. The highest BCUT2D eigenvalue weighted by Gasteiger charge is 2.36. The summed E-state index contributed by atoms with van der Waals surface area (Å²) in [5.41, 5.74) is 4.81. The predicted octanol–water partition coefficient (Wildman–Crippen LogP) is 4.42. The Balaban J connectivity index is 1.88. The minimum atomic E-state index is 0.786. The first-order valence-corrected chi connectivity index (χ1v) is 6.49. The Morgan fingerprint density at radius 2 is 1.88 bits per heavy atom. The van der Waals surface area contributed by atoms with Crippen LogP contribution in [0, 0.1) is 17.8 Å². The molecule has 0 radical (unpaired) electrons. The van der Waals surface area contributed by atoms with E-state index in [0.29, 0.717) is 0 Å². The van der Waals surface area contributed by atoms with Crippen LogP contribution in [-0.4, -0.2) is 0 Å². The first-order chi connectivity index (χ1) is 7.77. The van der Waals surface area contributed by atoms with Gasteiger partial charge in [-0.15, -0.1) is 0 Å². The molecule has 1 fully saturated rings. The van der Waals surface area contributed by atoms with Gasteiger partial charge in [-0.25, -0.2) is 0 Å². The SMILES string of the molecule is CC1=CCC(C2CCC3C=CC=CC32)=C1C. The molecule has 3 rings (SSSR count). The van der Waals surface area contributed by atoms with Gasteiger partial charge in [0.15, 0.2) is 0 Å². The van der Waals surface area contributed by atoms with Gasteiger partial charge in [0.1, 0.15) is 0 Å². The van der Waals surface area contributed by atoms with Crippen molar-refractivity contribution >= 4 is 0 Å². The van der Waals surface area contributed by atoms with E-state index in [9.17, 15) is 0 Å².